The van der Waals surface area contributed by atoms with E-state index < -0.39 is 12.5 Å². The maximum absolute atomic E-state index is 12.7. The minimum atomic E-state index is -4.63. The van der Waals surface area contributed by atoms with Gasteiger partial charge in [0, 0.05) is 35.1 Å². The first kappa shape index (κ1) is 23.0. The van der Waals surface area contributed by atoms with Crippen molar-refractivity contribution >= 4 is 28.4 Å². The van der Waals surface area contributed by atoms with Crippen LogP contribution >= 0.6 is 11.6 Å². The minimum Gasteiger partial charge on any atom is -0.423 e. The molecule has 1 saturated heterocycles. The second-order valence-corrected chi connectivity index (χ2v) is 9.04. The second-order valence-electron chi connectivity index (χ2n) is 8.60. The fourth-order valence-electron chi connectivity index (χ4n) is 4.28. The lowest BCUT2D eigenvalue weighted by molar-refractivity contribution is -0.352. The number of rotatable bonds is 5. The lowest BCUT2D eigenvalue weighted by atomic mass is 9.82. The number of amides is 1. The molecule has 5 rings (SSSR count). The predicted octanol–water partition coefficient (Wildman–Crippen LogP) is 4.28. The first-order chi connectivity index (χ1) is 16.2. The summed E-state index contributed by atoms with van der Waals surface area (Å²) in [5.74, 6) is 0.294. The van der Waals surface area contributed by atoms with E-state index in [-0.39, 0.29) is 36.8 Å². The number of ether oxygens (including phenoxy) is 1. The maximum Gasteiger partial charge on any atom is 0.522 e. The van der Waals surface area contributed by atoms with Crippen molar-refractivity contribution in [3.8, 4) is 0 Å². The Morgan fingerprint density at radius 3 is 2.71 bits per heavy atom. The van der Waals surface area contributed by atoms with Gasteiger partial charge in [-0.2, -0.15) is 0 Å². The monoisotopic (exact) mass is 495 g/mol. The van der Waals surface area contributed by atoms with E-state index in [1.807, 2.05) is 6.07 Å². The standard InChI is InChI=1S/C22H21ClF3N5O3/c23-14-2-1-11-5-13(9-27-18(11)8-14)19(32)29-15-3-4-17(28-10-15)21-31-30-20(33-21)12-6-16(7-12)34-22(24,25)26/h1-2,5,8-9,12,15-17,28H,3-4,6-7,10H2,(H,29,32)/t12?,15-,16?,17+/m1/s1. The quantitative estimate of drug-likeness (QED) is 0.544. The van der Waals surface area contributed by atoms with E-state index in [9.17, 15) is 18.0 Å². The summed E-state index contributed by atoms with van der Waals surface area (Å²) >= 11 is 5.98. The van der Waals surface area contributed by atoms with E-state index in [1.165, 1.54) is 6.20 Å². The van der Waals surface area contributed by atoms with E-state index in [4.69, 9.17) is 16.0 Å². The number of nitrogens with zero attached hydrogens (tertiary/aromatic N) is 3. The van der Waals surface area contributed by atoms with Gasteiger partial charge in [-0.25, -0.2) is 0 Å². The highest BCUT2D eigenvalue weighted by atomic mass is 35.5. The molecule has 0 unspecified atom stereocenters. The number of pyridine rings is 1. The van der Waals surface area contributed by atoms with Gasteiger partial charge in [0.1, 0.15) is 0 Å². The molecule has 2 N–H and O–H groups in total. The molecule has 2 aromatic heterocycles. The van der Waals surface area contributed by atoms with Crippen LogP contribution < -0.4 is 10.6 Å². The number of fused-ring (bicyclic) bond motifs is 1. The van der Waals surface area contributed by atoms with Crippen molar-refractivity contribution in [3.63, 3.8) is 0 Å². The van der Waals surface area contributed by atoms with Crippen molar-refractivity contribution in [2.24, 2.45) is 0 Å². The molecule has 0 spiro atoms. The molecule has 3 aromatic rings. The smallest absolute Gasteiger partial charge is 0.423 e. The van der Waals surface area contributed by atoms with Crippen molar-refractivity contribution in [2.45, 2.75) is 56.2 Å². The van der Waals surface area contributed by atoms with Gasteiger partial charge in [-0.15, -0.1) is 23.4 Å². The van der Waals surface area contributed by atoms with Gasteiger partial charge in [0.2, 0.25) is 11.8 Å². The van der Waals surface area contributed by atoms with E-state index >= 15 is 0 Å². The number of piperidine rings is 1. The molecule has 1 aliphatic heterocycles. The van der Waals surface area contributed by atoms with E-state index in [2.05, 4.69) is 30.6 Å². The molecule has 1 saturated carbocycles. The topological polar surface area (TPSA) is 102 Å². The fraction of sp³-hybridized carbons (Fsp3) is 0.455. The fourth-order valence-corrected chi connectivity index (χ4v) is 4.45. The summed E-state index contributed by atoms with van der Waals surface area (Å²) in [4.78, 5) is 17.0. The van der Waals surface area contributed by atoms with Crippen LogP contribution in [-0.4, -0.2) is 46.1 Å². The first-order valence-corrected chi connectivity index (χ1v) is 11.3. The summed E-state index contributed by atoms with van der Waals surface area (Å²) in [7, 11) is 0. The molecule has 8 nitrogen and oxygen atoms in total. The number of hydrogen-bond acceptors (Lipinski definition) is 7. The molecular weight excluding hydrogens is 475 g/mol. The van der Waals surface area contributed by atoms with Gasteiger partial charge in [0.05, 0.1) is 23.2 Å². The summed E-state index contributed by atoms with van der Waals surface area (Å²) in [6.45, 7) is 0.510. The average Bonchev–Trinajstić information content (AvgIpc) is 3.25. The number of alkyl halides is 3. The van der Waals surface area contributed by atoms with Crippen LogP contribution in [0.2, 0.25) is 5.02 Å². The Morgan fingerprint density at radius 2 is 1.97 bits per heavy atom. The Hall–Kier alpha value is -2.76. The zero-order valence-corrected chi connectivity index (χ0v) is 18.6. The van der Waals surface area contributed by atoms with E-state index in [0.717, 1.165) is 10.9 Å². The maximum atomic E-state index is 12.7. The highest BCUT2D eigenvalue weighted by Gasteiger charge is 2.42. The Labute approximate surface area is 197 Å². The molecule has 1 aliphatic carbocycles. The van der Waals surface area contributed by atoms with Crippen molar-refractivity contribution in [1.82, 2.24) is 25.8 Å². The summed E-state index contributed by atoms with van der Waals surface area (Å²) in [5, 5.41) is 15.8. The third-order valence-corrected chi connectivity index (χ3v) is 6.39. The van der Waals surface area contributed by atoms with Crippen molar-refractivity contribution in [1.29, 1.82) is 0 Å². The SMILES string of the molecule is O=C(N[C@@H]1CC[C@@H](c2nnc(C3CC(OC(F)(F)F)C3)o2)NC1)c1cnc2cc(Cl)ccc2c1. The molecule has 1 aromatic carbocycles. The third-order valence-electron chi connectivity index (χ3n) is 6.16. The zero-order valence-electron chi connectivity index (χ0n) is 17.8. The largest absolute Gasteiger partial charge is 0.522 e. The molecule has 2 atom stereocenters. The zero-order chi connectivity index (χ0) is 23.9. The van der Waals surface area contributed by atoms with E-state index in [0.29, 0.717) is 41.8 Å². The van der Waals surface area contributed by atoms with Crippen LogP contribution in [0.3, 0.4) is 0 Å². The predicted molar refractivity (Wildman–Crippen MR) is 115 cm³/mol. The Bertz CT molecular complexity index is 1190. The highest BCUT2D eigenvalue weighted by Crippen LogP contribution is 2.41. The van der Waals surface area contributed by atoms with Gasteiger partial charge in [-0.05, 0) is 43.9 Å². The molecule has 34 heavy (non-hydrogen) atoms. The van der Waals surface area contributed by atoms with Gasteiger partial charge >= 0.3 is 6.36 Å². The van der Waals surface area contributed by atoms with Gasteiger partial charge in [-0.1, -0.05) is 17.7 Å². The number of benzene rings is 1. The van der Waals surface area contributed by atoms with Gasteiger partial charge in [0.25, 0.3) is 5.91 Å². The van der Waals surface area contributed by atoms with Crippen LogP contribution in [0.25, 0.3) is 10.9 Å². The van der Waals surface area contributed by atoms with Gasteiger partial charge in [-0.3, -0.25) is 14.5 Å². The molecule has 180 valence electrons. The molecule has 1 amide bonds. The minimum absolute atomic E-state index is 0.0843. The molecule has 2 aliphatic rings. The Kier molecular flexibility index (Phi) is 6.17. The summed E-state index contributed by atoms with van der Waals surface area (Å²) in [5.41, 5.74) is 1.18. The third kappa shape index (κ3) is 5.16. The van der Waals surface area contributed by atoms with Crippen LogP contribution in [0.15, 0.2) is 34.9 Å². The van der Waals surface area contributed by atoms with Crippen molar-refractivity contribution in [2.75, 3.05) is 6.54 Å². The van der Waals surface area contributed by atoms with E-state index in [1.54, 1.807) is 18.2 Å². The number of hydrogen-bond donors (Lipinski definition) is 2. The van der Waals surface area contributed by atoms with Crippen LogP contribution in [0.1, 0.15) is 59.8 Å². The summed E-state index contributed by atoms with van der Waals surface area (Å²) in [6, 6.07) is 6.83. The second kappa shape index (κ2) is 9.12. The summed E-state index contributed by atoms with van der Waals surface area (Å²) < 4.78 is 46.5. The molecule has 0 bridgehead atoms. The highest BCUT2D eigenvalue weighted by molar-refractivity contribution is 6.31. The number of nitrogens with one attached hydrogen (secondary N) is 2. The average molecular weight is 496 g/mol. The van der Waals surface area contributed by atoms with Gasteiger partial charge in [0.15, 0.2) is 0 Å². The van der Waals surface area contributed by atoms with Crippen LogP contribution in [0.4, 0.5) is 13.2 Å². The first-order valence-electron chi connectivity index (χ1n) is 10.9. The van der Waals surface area contributed by atoms with Crippen LogP contribution in [0, 0.1) is 0 Å². The number of carbonyl (C=O) groups excluding carboxylic acids is 1. The molecule has 3 heterocycles. The van der Waals surface area contributed by atoms with Crippen molar-refractivity contribution in [3.05, 3.63) is 52.8 Å². The van der Waals surface area contributed by atoms with Crippen LogP contribution in [0.5, 0.6) is 0 Å². The lowest BCUT2D eigenvalue weighted by Gasteiger charge is -2.33. The summed E-state index contributed by atoms with van der Waals surface area (Å²) in [6.07, 6.45) is -2.22. The number of aromatic nitrogens is 3. The Morgan fingerprint density at radius 1 is 1.18 bits per heavy atom. The molecule has 2 fully saturated rings. The van der Waals surface area contributed by atoms with Crippen LogP contribution in [-0.2, 0) is 4.74 Å². The lowest BCUT2D eigenvalue weighted by Crippen LogP contribution is -2.46. The molecule has 12 heteroatoms. The van der Waals surface area contributed by atoms with Crippen molar-refractivity contribution < 1.29 is 27.1 Å². The number of halogens is 4. The molecule has 0 radical (unpaired) electrons. The van der Waals surface area contributed by atoms with Gasteiger partial charge < -0.3 is 15.1 Å². The molecular formula is C22H21ClF3N5O3. The number of carbonyl (C=O) groups is 1. The normalized spacial score (nSPS) is 25.2. The Balaban J connectivity index is 1.12.